The van der Waals surface area contributed by atoms with Gasteiger partial charge in [0.15, 0.2) is 17.3 Å². The first-order valence-corrected chi connectivity index (χ1v) is 14.0. The van der Waals surface area contributed by atoms with E-state index < -0.39 is 23.5 Å². The van der Waals surface area contributed by atoms with Crippen molar-refractivity contribution in [2.75, 3.05) is 11.5 Å². The Balaban J connectivity index is 1.53. The molecular formula is C33H26N2O5S. The van der Waals surface area contributed by atoms with Crippen molar-refractivity contribution in [3.8, 4) is 22.1 Å². The minimum atomic E-state index is -0.984. The number of aromatic hydroxyl groups is 1. The fourth-order valence-corrected chi connectivity index (χ4v) is 6.25. The molecule has 5 aromatic rings. The van der Waals surface area contributed by atoms with E-state index in [2.05, 4.69) is 4.98 Å². The smallest absolute Gasteiger partial charge is 0.294 e. The molecule has 6 rings (SSSR count). The van der Waals surface area contributed by atoms with E-state index in [1.54, 1.807) is 32.0 Å². The molecule has 7 nitrogen and oxygen atoms in total. The van der Waals surface area contributed by atoms with Gasteiger partial charge in [-0.05, 0) is 43.0 Å². The molecule has 1 atom stereocenters. The lowest BCUT2D eigenvalue weighted by molar-refractivity contribution is -0.117. The maximum Gasteiger partial charge on any atom is 0.294 e. The molecule has 0 spiro atoms. The fourth-order valence-electron chi connectivity index (χ4n) is 5.22. The van der Waals surface area contributed by atoms with Crippen molar-refractivity contribution in [3.63, 3.8) is 0 Å². The summed E-state index contributed by atoms with van der Waals surface area (Å²) in [5.41, 5.74) is 2.38. The zero-order valence-corrected chi connectivity index (χ0v) is 23.2. The molecule has 0 saturated carbocycles. The number of hydrogen-bond acceptors (Lipinski definition) is 7. The maximum atomic E-state index is 14.3. The standard InChI is InChI=1S/C33H26N2O5S/c1-3-40-26-18-22(16-17-25(26)36)28-27(29(37)31-19(2)34-32(41-31)21-11-5-4-6-12-21)30(38)33(39)35(28)24-15-9-13-20-10-7-8-14-23(20)24/h4-18,28,36,38H,3H2,1-2H3. The van der Waals surface area contributed by atoms with Crippen LogP contribution in [0.4, 0.5) is 5.69 Å². The highest BCUT2D eigenvalue weighted by Gasteiger charge is 2.46. The Morgan fingerprint density at radius 3 is 2.49 bits per heavy atom. The Bertz CT molecular complexity index is 1840. The molecule has 0 saturated heterocycles. The third-order valence-corrected chi connectivity index (χ3v) is 8.31. The molecule has 1 unspecified atom stereocenters. The summed E-state index contributed by atoms with van der Waals surface area (Å²) in [6, 6.07) is 26.4. The first-order valence-electron chi connectivity index (χ1n) is 13.2. The lowest BCUT2D eigenvalue weighted by atomic mass is 9.94. The van der Waals surface area contributed by atoms with Gasteiger partial charge >= 0.3 is 0 Å². The van der Waals surface area contributed by atoms with Crippen LogP contribution in [-0.2, 0) is 4.79 Å². The lowest BCUT2D eigenvalue weighted by Crippen LogP contribution is -2.31. The second-order valence-corrected chi connectivity index (χ2v) is 10.6. The molecule has 4 aromatic carbocycles. The van der Waals surface area contributed by atoms with Gasteiger partial charge in [-0.3, -0.25) is 14.5 Å². The van der Waals surface area contributed by atoms with Crippen LogP contribution in [0.2, 0.25) is 0 Å². The van der Waals surface area contributed by atoms with Crippen LogP contribution >= 0.6 is 11.3 Å². The molecule has 2 heterocycles. The molecule has 0 fully saturated rings. The summed E-state index contributed by atoms with van der Waals surface area (Å²) in [6.45, 7) is 3.85. The first-order chi connectivity index (χ1) is 19.9. The van der Waals surface area contributed by atoms with Crippen LogP contribution in [0.1, 0.15) is 33.9 Å². The Kier molecular flexibility index (Phi) is 6.77. The van der Waals surface area contributed by atoms with E-state index in [9.17, 15) is 19.8 Å². The number of Topliss-reactive ketones (excluding diaryl/α,β-unsaturated/α-hetero) is 1. The van der Waals surface area contributed by atoms with Gasteiger partial charge in [0.1, 0.15) is 5.01 Å². The van der Waals surface area contributed by atoms with Crippen LogP contribution in [-0.4, -0.2) is 33.5 Å². The summed E-state index contributed by atoms with van der Waals surface area (Å²) in [4.78, 5) is 34.5. The Morgan fingerprint density at radius 1 is 0.976 bits per heavy atom. The van der Waals surface area contributed by atoms with Gasteiger partial charge in [0, 0.05) is 10.9 Å². The number of carbonyl (C=O) groups is 2. The van der Waals surface area contributed by atoms with Gasteiger partial charge < -0.3 is 14.9 Å². The number of rotatable bonds is 7. The molecule has 0 bridgehead atoms. The average Bonchev–Trinajstić information content (AvgIpc) is 3.51. The second-order valence-electron chi connectivity index (χ2n) is 9.63. The summed E-state index contributed by atoms with van der Waals surface area (Å²) in [5.74, 6) is -1.64. The maximum absolute atomic E-state index is 14.3. The topological polar surface area (TPSA) is 100.0 Å². The number of phenolic OH excluding ortho intramolecular Hbond substituents is 1. The largest absolute Gasteiger partial charge is 0.504 e. The number of nitrogens with zero attached hydrogens (tertiary/aromatic N) is 2. The number of hydrogen-bond donors (Lipinski definition) is 2. The quantitative estimate of drug-likeness (QED) is 0.204. The van der Waals surface area contributed by atoms with Crippen LogP contribution in [0.25, 0.3) is 21.3 Å². The number of aliphatic hydroxyl groups is 1. The minimum Gasteiger partial charge on any atom is -0.504 e. The molecule has 8 heteroatoms. The number of benzene rings is 4. The van der Waals surface area contributed by atoms with Crippen molar-refractivity contribution in [2.45, 2.75) is 19.9 Å². The molecule has 2 N–H and O–H groups in total. The van der Waals surface area contributed by atoms with E-state index in [0.29, 0.717) is 33.4 Å². The molecule has 1 aliphatic rings. The molecule has 41 heavy (non-hydrogen) atoms. The average molecular weight is 563 g/mol. The minimum absolute atomic E-state index is 0.0533. The Labute approximate surface area is 240 Å². The number of phenols is 1. The number of carbonyl (C=O) groups excluding carboxylic acids is 2. The van der Waals surface area contributed by atoms with Crippen molar-refractivity contribution in [3.05, 3.63) is 118 Å². The lowest BCUT2D eigenvalue weighted by Gasteiger charge is -2.28. The van der Waals surface area contributed by atoms with Gasteiger partial charge in [-0.2, -0.15) is 0 Å². The van der Waals surface area contributed by atoms with Gasteiger partial charge in [0.25, 0.3) is 5.91 Å². The normalized spacial score (nSPS) is 15.1. The van der Waals surface area contributed by atoms with Crippen LogP contribution in [0.5, 0.6) is 11.5 Å². The van der Waals surface area contributed by atoms with Crippen molar-refractivity contribution in [1.82, 2.24) is 4.98 Å². The monoisotopic (exact) mass is 562 g/mol. The number of ketones is 1. The zero-order valence-electron chi connectivity index (χ0n) is 22.4. The van der Waals surface area contributed by atoms with Crippen molar-refractivity contribution in [2.24, 2.45) is 0 Å². The van der Waals surface area contributed by atoms with E-state index in [1.165, 1.54) is 22.3 Å². The predicted octanol–water partition coefficient (Wildman–Crippen LogP) is 7.16. The number of aryl methyl sites for hydroxylation is 1. The predicted molar refractivity (Wildman–Crippen MR) is 160 cm³/mol. The molecule has 0 aliphatic carbocycles. The number of amides is 1. The molecule has 0 radical (unpaired) electrons. The van der Waals surface area contributed by atoms with E-state index in [0.717, 1.165) is 16.3 Å². The molecule has 1 amide bonds. The number of anilines is 1. The summed E-state index contributed by atoms with van der Waals surface area (Å²) < 4.78 is 5.63. The third kappa shape index (κ3) is 4.52. The Morgan fingerprint density at radius 2 is 1.71 bits per heavy atom. The fraction of sp³-hybridized carbons (Fsp3) is 0.121. The summed E-state index contributed by atoms with van der Waals surface area (Å²) in [7, 11) is 0. The van der Waals surface area contributed by atoms with Crippen LogP contribution in [0, 0.1) is 6.92 Å². The number of ether oxygens (including phenoxy) is 1. The number of thiazole rings is 1. The van der Waals surface area contributed by atoms with Crippen LogP contribution in [0.15, 0.2) is 102 Å². The van der Waals surface area contributed by atoms with Crippen molar-refractivity contribution in [1.29, 1.82) is 0 Å². The number of aliphatic hydroxyl groups excluding tert-OH is 1. The zero-order chi connectivity index (χ0) is 28.7. The molecule has 204 valence electrons. The van der Waals surface area contributed by atoms with E-state index in [-0.39, 0.29) is 17.1 Å². The highest BCUT2D eigenvalue weighted by atomic mass is 32.1. The highest BCUT2D eigenvalue weighted by Crippen LogP contribution is 2.46. The number of aromatic nitrogens is 1. The highest BCUT2D eigenvalue weighted by molar-refractivity contribution is 7.17. The van der Waals surface area contributed by atoms with Crippen molar-refractivity contribution >= 4 is 39.5 Å². The van der Waals surface area contributed by atoms with Crippen molar-refractivity contribution < 1.29 is 24.5 Å². The third-order valence-electron chi connectivity index (χ3n) is 7.10. The number of fused-ring (bicyclic) bond motifs is 1. The van der Waals surface area contributed by atoms with Crippen LogP contribution in [0.3, 0.4) is 0 Å². The summed E-state index contributed by atoms with van der Waals surface area (Å²) >= 11 is 1.22. The molecule has 1 aliphatic heterocycles. The van der Waals surface area contributed by atoms with E-state index in [1.807, 2.05) is 66.7 Å². The van der Waals surface area contributed by atoms with Gasteiger partial charge in [0.2, 0.25) is 5.78 Å². The molecule has 1 aromatic heterocycles. The SMILES string of the molecule is CCOc1cc(C2C(C(=O)c3sc(-c4ccccc4)nc3C)=C(O)C(=O)N2c2cccc3ccccc23)ccc1O. The van der Waals surface area contributed by atoms with Crippen LogP contribution < -0.4 is 9.64 Å². The van der Waals surface area contributed by atoms with Gasteiger partial charge in [-0.25, -0.2) is 4.98 Å². The molecular weight excluding hydrogens is 536 g/mol. The van der Waals surface area contributed by atoms with Gasteiger partial charge in [0.05, 0.1) is 34.5 Å². The summed E-state index contributed by atoms with van der Waals surface area (Å²) in [5, 5.41) is 24.1. The first kappa shape index (κ1) is 26.3. The van der Waals surface area contributed by atoms with E-state index in [4.69, 9.17) is 4.74 Å². The summed E-state index contributed by atoms with van der Waals surface area (Å²) in [6.07, 6.45) is 0. The Hall–Kier alpha value is -4.95. The van der Waals surface area contributed by atoms with Gasteiger partial charge in [-0.1, -0.05) is 72.8 Å². The van der Waals surface area contributed by atoms with Gasteiger partial charge in [-0.15, -0.1) is 11.3 Å². The van der Waals surface area contributed by atoms with E-state index >= 15 is 0 Å². The second kappa shape index (κ2) is 10.6.